The van der Waals surface area contributed by atoms with Crippen molar-refractivity contribution in [1.82, 2.24) is 5.32 Å². The minimum atomic E-state index is -0.645. The zero-order valence-corrected chi connectivity index (χ0v) is 11.9. The Labute approximate surface area is 115 Å². The summed E-state index contributed by atoms with van der Waals surface area (Å²) in [6, 6.07) is 5.43. The monoisotopic (exact) mass is 331 g/mol. The summed E-state index contributed by atoms with van der Waals surface area (Å²) in [7, 11) is 0. The predicted octanol–water partition coefficient (Wildman–Crippen LogP) is 3.04. The maximum absolute atomic E-state index is 11.7. The third kappa shape index (κ3) is 3.38. The number of thiophene rings is 2. The first kappa shape index (κ1) is 12.8. The molecule has 2 aromatic heterocycles. The van der Waals surface area contributed by atoms with Crippen LogP contribution in [0.5, 0.6) is 0 Å². The molecular weight excluding hydrogens is 322 g/mol. The molecule has 6 heteroatoms. The van der Waals surface area contributed by atoms with Gasteiger partial charge in [-0.2, -0.15) is 11.3 Å². The first-order chi connectivity index (χ1) is 8.16. The summed E-state index contributed by atoms with van der Waals surface area (Å²) in [6.45, 7) is 0.227. The van der Waals surface area contributed by atoms with Gasteiger partial charge < -0.3 is 10.4 Å². The number of halogens is 1. The van der Waals surface area contributed by atoms with Crippen LogP contribution < -0.4 is 5.32 Å². The van der Waals surface area contributed by atoms with Crippen molar-refractivity contribution in [1.29, 1.82) is 0 Å². The molecule has 0 aliphatic heterocycles. The largest absolute Gasteiger partial charge is 0.387 e. The van der Waals surface area contributed by atoms with E-state index in [4.69, 9.17) is 0 Å². The summed E-state index contributed by atoms with van der Waals surface area (Å²) in [5, 5.41) is 16.3. The lowest BCUT2D eigenvalue weighted by molar-refractivity contribution is 0.0920. The number of aliphatic hydroxyl groups is 1. The van der Waals surface area contributed by atoms with Crippen LogP contribution >= 0.6 is 38.6 Å². The molecular formula is C11H10BrNO2S2. The number of hydrogen-bond donors (Lipinski definition) is 2. The van der Waals surface area contributed by atoms with Crippen LogP contribution in [0.15, 0.2) is 32.7 Å². The van der Waals surface area contributed by atoms with Crippen molar-refractivity contribution >= 4 is 44.5 Å². The van der Waals surface area contributed by atoms with Gasteiger partial charge in [0.1, 0.15) is 0 Å². The fraction of sp³-hybridized carbons (Fsp3) is 0.182. The first-order valence-corrected chi connectivity index (χ1v) is 7.46. The minimum absolute atomic E-state index is 0.157. The Morgan fingerprint density at radius 1 is 1.47 bits per heavy atom. The highest BCUT2D eigenvalue weighted by atomic mass is 79.9. The summed E-state index contributed by atoms with van der Waals surface area (Å²) >= 11 is 6.20. The van der Waals surface area contributed by atoms with E-state index in [1.54, 1.807) is 6.07 Å². The SMILES string of the molecule is O=C(NCC(O)c1ccsc1)c1ccc(Br)s1. The molecule has 2 heterocycles. The second-order valence-electron chi connectivity index (χ2n) is 3.39. The average Bonchev–Trinajstić information content (AvgIpc) is 2.95. The lowest BCUT2D eigenvalue weighted by atomic mass is 10.2. The second kappa shape index (κ2) is 5.77. The Morgan fingerprint density at radius 3 is 2.88 bits per heavy atom. The Kier molecular flexibility index (Phi) is 4.33. The number of rotatable bonds is 4. The lowest BCUT2D eigenvalue weighted by Gasteiger charge is -2.09. The molecule has 0 radical (unpaired) electrons. The summed E-state index contributed by atoms with van der Waals surface area (Å²) in [6.07, 6.45) is -0.645. The van der Waals surface area contributed by atoms with Crippen LogP contribution in [0.2, 0.25) is 0 Å². The Balaban J connectivity index is 1.88. The van der Waals surface area contributed by atoms with Gasteiger partial charge in [-0.3, -0.25) is 4.79 Å². The van der Waals surface area contributed by atoms with Crippen molar-refractivity contribution in [3.63, 3.8) is 0 Å². The minimum Gasteiger partial charge on any atom is -0.387 e. The van der Waals surface area contributed by atoms with Crippen LogP contribution in [0.1, 0.15) is 21.3 Å². The van der Waals surface area contributed by atoms with E-state index in [1.165, 1.54) is 22.7 Å². The second-order valence-corrected chi connectivity index (χ2v) is 6.63. The van der Waals surface area contributed by atoms with Gasteiger partial charge in [0, 0.05) is 6.54 Å². The number of carbonyl (C=O) groups excluding carboxylic acids is 1. The van der Waals surface area contributed by atoms with Crippen molar-refractivity contribution in [2.45, 2.75) is 6.10 Å². The van der Waals surface area contributed by atoms with Gasteiger partial charge in [-0.25, -0.2) is 0 Å². The smallest absolute Gasteiger partial charge is 0.261 e. The fourth-order valence-electron chi connectivity index (χ4n) is 1.30. The van der Waals surface area contributed by atoms with Crippen LogP contribution in [0.4, 0.5) is 0 Å². The molecule has 0 fully saturated rings. The topological polar surface area (TPSA) is 49.3 Å². The molecule has 0 saturated heterocycles. The van der Waals surface area contributed by atoms with E-state index in [1.807, 2.05) is 22.9 Å². The maximum Gasteiger partial charge on any atom is 0.261 e. The highest BCUT2D eigenvalue weighted by molar-refractivity contribution is 9.11. The van der Waals surface area contributed by atoms with Crippen molar-refractivity contribution in [2.24, 2.45) is 0 Å². The van der Waals surface area contributed by atoms with Crippen molar-refractivity contribution in [3.05, 3.63) is 43.2 Å². The van der Waals surface area contributed by atoms with E-state index in [-0.39, 0.29) is 12.5 Å². The fourth-order valence-corrected chi connectivity index (χ4v) is 3.30. The molecule has 0 saturated carbocycles. The third-order valence-corrected chi connectivity index (χ3v) is 4.50. The van der Waals surface area contributed by atoms with Crippen LogP contribution in [-0.4, -0.2) is 17.6 Å². The third-order valence-electron chi connectivity index (χ3n) is 2.18. The molecule has 17 heavy (non-hydrogen) atoms. The molecule has 0 aliphatic rings. The molecule has 0 spiro atoms. The van der Waals surface area contributed by atoms with E-state index in [0.29, 0.717) is 4.88 Å². The van der Waals surface area contributed by atoms with Crippen LogP contribution in [0, 0.1) is 0 Å². The number of carbonyl (C=O) groups is 1. The molecule has 0 aromatic carbocycles. The van der Waals surface area contributed by atoms with Gasteiger partial charge >= 0.3 is 0 Å². The zero-order valence-electron chi connectivity index (χ0n) is 8.72. The van der Waals surface area contributed by atoms with Gasteiger partial charge in [0.05, 0.1) is 14.8 Å². The first-order valence-electron chi connectivity index (χ1n) is 4.90. The van der Waals surface area contributed by atoms with Crippen molar-refractivity contribution in [2.75, 3.05) is 6.54 Å². The Bertz CT molecular complexity index is 495. The number of amides is 1. The Morgan fingerprint density at radius 2 is 2.29 bits per heavy atom. The Hall–Kier alpha value is -0.690. The van der Waals surface area contributed by atoms with Crippen LogP contribution in [0.3, 0.4) is 0 Å². The lowest BCUT2D eigenvalue weighted by Crippen LogP contribution is -2.27. The standard InChI is InChI=1S/C11H10BrNO2S2/c12-10-2-1-9(17-10)11(15)13-5-8(14)7-3-4-16-6-7/h1-4,6,8,14H,5H2,(H,13,15). The average molecular weight is 332 g/mol. The van der Waals surface area contributed by atoms with Crippen molar-refractivity contribution < 1.29 is 9.90 Å². The molecule has 2 N–H and O–H groups in total. The van der Waals surface area contributed by atoms with Gasteiger partial charge in [-0.1, -0.05) is 0 Å². The number of hydrogen-bond acceptors (Lipinski definition) is 4. The summed E-state index contributed by atoms with van der Waals surface area (Å²) in [4.78, 5) is 12.3. The molecule has 90 valence electrons. The summed E-state index contributed by atoms with van der Waals surface area (Å²) in [5.41, 5.74) is 0.836. The molecule has 1 amide bonds. The number of nitrogens with one attached hydrogen (secondary N) is 1. The zero-order chi connectivity index (χ0) is 12.3. The number of aliphatic hydroxyl groups excluding tert-OH is 1. The van der Waals surface area contributed by atoms with Crippen LogP contribution in [-0.2, 0) is 0 Å². The van der Waals surface area contributed by atoms with E-state index in [9.17, 15) is 9.90 Å². The van der Waals surface area contributed by atoms with Gasteiger partial charge in [0.2, 0.25) is 0 Å². The van der Waals surface area contributed by atoms with E-state index in [2.05, 4.69) is 21.2 Å². The molecule has 2 aromatic rings. The molecule has 0 bridgehead atoms. The molecule has 1 unspecified atom stereocenters. The van der Waals surface area contributed by atoms with Crippen molar-refractivity contribution in [3.8, 4) is 0 Å². The normalized spacial score (nSPS) is 12.4. The van der Waals surface area contributed by atoms with Gasteiger partial charge in [0.15, 0.2) is 0 Å². The molecule has 3 nitrogen and oxygen atoms in total. The molecule has 0 aliphatic carbocycles. The molecule has 2 rings (SSSR count). The van der Waals surface area contributed by atoms with Crippen LogP contribution in [0.25, 0.3) is 0 Å². The van der Waals surface area contributed by atoms with E-state index < -0.39 is 6.10 Å². The quantitative estimate of drug-likeness (QED) is 0.904. The van der Waals surface area contributed by atoms with E-state index in [0.717, 1.165) is 9.35 Å². The van der Waals surface area contributed by atoms with Gasteiger partial charge in [-0.15, -0.1) is 11.3 Å². The highest BCUT2D eigenvalue weighted by Crippen LogP contribution is 2.22. The molecule has 1 atom stereocenters. The van der Waals surface area contributed by atoms with Gasteiger partial charge in [-0.05, 0) is 50.5 Å². The van der Waals surface area contributed by atoms with Gasteiger partial charge in [0.25, 0.3) is 5.91 Å². The summed E-state index contributed by atoms with van der Waals surface area (Å²) < 4.78 is 0.918. The maximum atomic E-state index is 11.7. The highest BCUT2D eigenvalue weighted by Gasteiger charge is 2.12. The summed E-state index contributed by atoms with van der Waals surface area (Å²) in [5.74, 6) is -0.157. The van der Waals surface area contributed by atoms with E-state index >= 15 is 0 Å². The predicted molar refractivity (Wildman–Crippen MR) is 73.6 cm³/mol.